The van der Waals surface area contributed by atoms with Crippen LogP contribution in [0.25, 0.3) is 0 Å². The van der Waals surface area contributed by atoms with E-state index in [0.717, 1.165) is 5.56 Å². The summed E-state index contributed by atoms with van der Waals surface area (Å²) >= 11 is 0. The van der Waals surface area contributed by atoms with Gasteiger partial charge in [0.2, 0.25) is 10.0 Å². The fourth-order valence-electron chi connectivity index (χ4n) is 4.06. The summed E-state index contributed by atoms with van der Waals surface area (Å²) in [5.74, 6) is -1.09. The Kier molecular flexibility index (Phi) is 6.83. The maximum atomic E-state index is 12.7. The molecule has 4 rings (SSSR count). The molecule has 2 aromatic carbocycles. The van der Waals surface area contributed by atoms with Crippen LogP contribution in [-0.2, 0) is 21.2 Å². The van der Waals surface area contributed by atoms with Crippen molar-refractivity contribution in [1.29, 1.82) is 0 Å². The predicted molar refractivity (Wildman–Crippen MR) is 124 cm³/mol. The Bertz CT molecular complexity index is 1220. The van der Waals surface area contributed by atoms with Gasteiger partial charge in [0.25, 0.3) is 17.7 Å². The molecule has 0 spiro atoms. The highest BCUT2D eigenvalue weighted by Crippen LogP contribution is 2.25. The number of imide groups is 1. The average Bonchev–Trinajstić information content (AvgIpc) is 3.09. The lowest BCUT2D eigenvalue weighted by Gasteiger charge is -2.26. The van der Waals surface area contributed by atoms with Gasteiger partial charge in [-0.05, 0) is 56.2 Å². The Balaban J connectivity index is 1.35. The lowest BCUT2D eigenvalue weighted by Crippen LogP contribution is -2.40. The number of fused-ring (bicyclic) bond motifs is 1. The number of hydrogen-bond acceptors (Lipinski definition) is 6. The van der Waals surface area contributed by atoms with E-state index in [4.69, 9.17) is 4.74 Å². The van der Waals surface area contributed by atoms with E-state index in [0.29, 0.717) is 50.4 Å². The molecule has 2 aliphatic heterocycles. The molecule has 3 amide bonds. The number of carbonyl (C=O) groups is 3. The minimum Gasteiger partial charge on any atom is -0.379 e. The van der Waals surface area contributed by atoms with E-state index in [1.54, 1.807) is 38.1 Å². The van der Waals surface area contributed by atoms with Crippen LogP contribution in [0.3, 0.4) is 0 Å². The third-order valence-corrected chi connectivity index (χ3v) is 7.84. The van der Waals surface area contributed by atoms with E-state index in [2.05, 4.69) is 5.32 Å². The molecular formula is C24H27N3O6S. The van der Waals surface area contributed by atoms with Crippen LogP contribution in [0, 0.1) is 0 Å². The van der Waals surface area contributed by atoms with E-state index in [9.17, 15) is 22.8 Å². The molecule has 1 fully saturated rings. The normalized spacial score (nSPS) is 16.7. The molecule has 2 aromatic rings. The van der Waals surface area contributed by atoms with Crippen LogP contribution in [0.1, 0.15) is 50.5 Å². The number of ether oxygens (including phenoxy) is 1. The lowest BCUT2D eigenvalue weighted by atomic mass is 10.1. The van der Waals surface area contributed by atoms with Crippen LogP contribution in [0.2, 0.25) is 0 Å². The number of hydrogen-bond donors (Lipinski definition) is 1. The summed E-state index contributed by atoms with van der Waals surface area (Å²) in [7, 11) is -3.54. The zero-order chi connectivity index (χ0) is 24.5. The summed E-state index contributed by atoms with van der Waals surface area (Å²) in [4.78, 5) is 38.9. The van der Waals surface area contributed by atoms with Crippen LogP contribution in [-0.4, -0.2) is 74.2 Å². The summed E-state index contributed by atoms with van der Waals surface area (Å²) in [6, 6.07) is 10.9. The van der Waals surface area contributed by atoms with Crippen molar-refractivity contribution in [2.45, 2.75) is 31.2 Å². The number of nitrogens with one attached hydrogen (secondary N) is 1. The third kappa shape index (κ3) is 4.61. The van der Waals surface area contributed by atoms with Gasteiger partial charge in [-0.3, -0.25) is 19.3 Å². The zero-order valence-electron chi connectivity index (χ0n) is 19.1. The molecule has 0 radical (unpaired) electrons. The molecule has 9 nitrogen and oxygen atoms in total. The fraction of sp³-hybridized carbons (Fsp3) is 0.375. The van der Waals surface area contributed by atoms with E-state index < -0.39 is 15.9 Å². The van der Waals surface area contributed by atoms with Gasteiger partial charge >= 0.3 is 0 Å². The summed E-state index contributed by atoms with van der Waals surface area (Å²) in [5.41, 5.74) is 1.73. The van der Waals surface area contributed by atoms with Crippen LogP contribution in [0.5, 0.6) is 0 Å². The van der Waals surface area contributed by atoms with Gasteiger partial charge in [-0.25, -0.2) is 8.42 Å². The number of benzene rings is 2. The maximum absolute atomic E-state index is 12.7. The number of amides is 3. The van der Waals surface area contributed by atoms with Crippen molar-refractivity contribution in [2.75, 3.05) is 32.8 Å². The highest BCUT2D eigenvalue weighted by atomic mass is 32.2. The van der Waals surface area contributed by atoms with E-state index >= 15 is 0 Å². The molecular weight excluding hydrogens is 458 g/mol. The van der Waals surface area contributed by atoms with Gasteiger partial charge in [-0.15, -0.1) is 0 Å². The van der Waals surface area contributed by atoms with Crippen molar-refractivity contribution in [3.05, 3.63) is 64.7 Å². The van der Waals surface area contributed by atoms with Crippen LogP contribution < -0.4 is 5.32 Å². The van der Waals surface area contributed by atoms with Gasteiger partial charge < -0.3 is 10.1 Å². The molecule has 0 saturated carbocycles. The number of nitrogens with zero attached hydrogens (tertiary/aromatic N) is 2. The molecule has 0 atom stereocenters. The molecule has 10 heteroatoms. The Morgan fingerprint density at radius 1 is 1.00 bits per heavy atom. The molecule has 2 heterocycles. The molecule has 0 aromatic heterocycles. The topological polar surface area (TPSA) is 113 Å². The number of carbonyl (C=O) groups excluding carboxylic acids is 3. The van der Waals surface area contributed by atoms with Gasteiger partial charge in [-0.1, -0.05) is 12.1 Å². The zero-order valence-corrected chi connectivity index (χ0v) is 19.9. The van der Waals surface area contributed by atoms with Crippen molar-refractivity contribution in [3.8, 4) is 0 Å². The minimum atomic E-state index is -3.54. The Morgan fingerprint density at radius 3 is 2.29 bits per heavy atom. The molecule has 1 N–H and O–H groups in total. The quantitative estimate of drug-likeness (QED) is 0.597. The van der Waals surface area contributed by atoms with Gasteiger partial charge in [-0.2, -0.15) is 4.31 Å². The minimum absolute atomic E-state index is 0.231. The van der Waals surface area contributed by atoms with E-state index in [1.165, 1.54) is 27.4 Å². The molecule has 0 bridgehead atoms. The second kappa shape index (κ2) is 9.65. The number of sulfonamides is 1. The average molecular weight is 486 g/mol. The van der Waals surface area contributed by atoms with Crippen molar-refractivity contribution >= 4 is 27.7 Å². The summed E-state index contributed by atoms with van der Waals surface area (Å²) in [5, 5.41) is 2.81. The Morgan fingerprint density at radius 2 is 1.65 bits per heavy atom. The molecule has 180 valence electrons. The maximum Gasteiger partial charge on any atom is 0.261 e. The van der Waals surface area contributed by atoms with Crippen molar-refractivity contribution < 1.29 is 27.5 Å². The molecule has 1 saturated heterocycles. The molecule has 34 heavy (non-hydrogen) atoms. The van der Waals surface area contributed by atoms with E-state index in [-0.39, 0.29) is 28.3 Å². The largest absolute Gasteiger partial charge is 0.379 e. The molecule has 2 aliphatic rings. The monoisotopic (exact) mass is 485 g/mol. The number of morpholine rings is 1. The second-order valence-electron chi connectivity index (χ2n) is 8.50. The van der Waals surface area contributed by atoms with Gasteiger partial charge in [0.05, 0.1) is 29.2 Å². The highest BCUT2D eigenvalue weighted by Gasteiger charge is 2.37. The first kappa shape index (κ1) is 24.1. The Labute approximate surface area is 198 Å². The van der Waals surface area contributed by atoms with Crippen LogP contribution >= 0.6 is 0 Å². The predicted octanol–water partition coefficient (Wildman–Crippen LogP) is 1.68. The molecule has 0 unspecified atom stereocenters. The van der Waals surface area contributed by atoms with Crippen molar-refractivity contribution in [2.24, 2.45) is 0 Å². The van der Waals surface area contributed by atoms with Crippen LogP contribution in [0.15, 0.2) is 47.4 Å². The first-order valence-electron chi connectivity index (χ1n) is 11.2. The Hall–Kier alpha value is -3.08. The van der Waals surface area contributed by atoms with Gasteiger partial charge in [0.15, 0.2) is 0 Å². The van der Waals surface area contributed by atoms with Crippen molar-refractivity contribution in [1.82, 2.24) is 14.5 Å². The van der Waals surface area contributed by atoms with Crippen LogP contribution in [0.4, 0.5) is 0 Å². The second-order valence-corrected chi connectivity index (χ2v) is 10.4. The van der Waals surface area contributed by atoms with Gasteiger partial charge in [0.1, 0.15) is 0 Å². The third-order valence-electron chi connectivity index (χ3n) is 5.93. The summed E-state index contributed by atoms with van der Waals surface area (Å²) in [6.45, 7) is 5.32. The lowest BCUT2D eigenvalue weighted by molar-refractivity contribution is 0.0609. The first-order valence-corrected chi connectivity index (χ1v) is 12.6. The highest BCUT2D eigenvalue weighted by molar-refractivity contribution is 7.89. The SMILES string of the molecule is CC(C)N1C(=O)c2ccc(C(=O)NCCc3ccc(S(=O)(=O)N4CCOCC4)cc3)cc2C1=O. The smallest absolute Gasteiger partial charge is 0.261 e. The fourth-order valence-corrected chi connectivity index (χ4v) is 5.46. The van der Waals surface area contributed by atoms with Gasteiger partial charge in [0, 0.05) is 31.2 Å². The summed E-state index contributed by atoms with van der Waals surface area (Å²) in [6.07, 6.45) is 0.507. The summed E-state index contributed by atoms with van der Waals surface area (Å²) < 4.78 is 32.0. The standard InChI is InChI=1S/C24H27N3O6S/c1-16(2)27-23(29)20-8-5-18(15-21(20)24(27)30)22(28)25-10-9-17-3-6-19(7-4-17)34(31,32)26-11-13-33-14-12-26/h3-8,15-16H,9-14H2,1-2H3,(H,25,28). The van der Waals surface area contributed by atoms with E-state index in [1.807, 2.05) is 0 Å². The van der Waals surface area contributed by atoms with Crippen molar-refractivity contribution in [3.63, 3.8) is 0 Å². The number of rotatable bonds is 7. The molecule has 0 aliphatic carbocycles. The first-order chi connectivity index (χ1) is 16.2.